The van der Waals surface area contributed by atoms with Crippen LogP contribution in [0.5, 0.6) is 0 Å². The molecule has 0 bridgehead atoms. The van der Waals surface area contributed by atoms with Gasteiger partial charge in [0.05, 0.1) is 6.42 Å². The lowest BCUT2D eigenvalue weighted by atomic mass is 10.0. The average Bonchev–Trinajstić information content (AvgIpc) is 2.18. The predicted octanol–water partition coefficient (Wildman–Crippen LogP) is 3.42. The van der Waals surface area contributed by atoms with Gasteiger partial charge in [0.15, 0.2) is 0 Å². The van der Waals surface area contributed by atoms with E-state index in [9.17, 15) is 13.2 Å². The Morgan fingerprint density at radius 2 is 1.94 bits per heavy atom. The van der Waals surface area contributed by atoms with Crippen LogP contribution in [0, 0.1) is 0 Å². The van der Waals surface area contributed by atoms with Crippen LogP contribution in [0.4, 0.5) is 13.2 Å². The highest BCUT2D eigenvalue weighted by atomic mass is 35.5. The molecule has 0 spiro atoms. The summed E-state index contributed by atoms with van der Waals surface area (Å²) in [4.78, 5) is 0. The molecule has 0 aliphatic heterocycles. The Labute approximate surface area is 97.6 Å². The zero-order chi connectivity index (χ0) is 12.2. The summed E-state index contributed by atoms with van der Waals surface area (Å²) in [7, 11) is 1.52. The first-order chi connectivity index (χ1) is 7.42. The minimum Gasteiger partial charge on any atom is -0.316 e. The van der Waals surface area contributed by atoms with Crippen LogP contribution in [0.15, 0.2) is 24.3 Å². The monoisotopic (exact) mass is 251 g/mol. The van der Waals surface area contributed by atoms with Crippen LogP contribution in [0.2, 0.25) is 5.02 Å². The van der Waals surface area contributed by atoms with E-state index in [0.29, 0.717) is 5.02 Å². The van der Waals surface area contributed by atoms with Crippen molar-refractivity contribution in [1.29, 1.82) is 0 Å². The first-order valence-electron chi connectivity index (χ1n) is 4.90. The second-order valence-electron chi connectivity index (χ2n) is 3.60. The highest BCUT2D eigenvalue weighted by molar-refractivity contribution is 6.31. The van der Waals surface area contributed by atoms with Gasteiger partial charge in [-0.3, -0.25) is 0 Å². The van der Waals surface area contributed by atoms with E-state index in [2.05, 4.69) is 5.32 Å². The average molecular weight is 252 g/mol. The van der Waals surface area contributed by atoms with E-state index in [1.165, 1.54) is 7.05 Å². The van der Waals surface area contributed by atoms with Gasteiger partial charge in [-0.05, 0) is 25.1 Å². The zero-order valence-electron chi connectivity index (χ0n) is 8.81. The van der Waals surface area contributed by atoms with Crippen molar-refractivity contribution in [3.8, 4) is 0 Å². The molecule has 0 amide bonds. The van der Waals surface area contributed by atoms with Gasteiger partial charge in [0.1, 0.15) is 0 Å². The zero-order valence-corrected chi connectivity index (χ0v) is 9.57. The van der Waals surface area contributed by atoms with E-state index in [1.54, 1.807) is 24.3 Å². The Hall–Kier alpha value is -0.740. The number of alkyl halides is 3. The lowest BCUT2D eigenvalue weighted by molar-refractivity contribution is -0.139. The highest BCUT2D eigenvalue weighted by Gasteiger charge is 2.31. The third-order valence-electron chi connectivity index (χ3n) is 2.31. The van der Waals surface area contributed by atoms with E-state index in [4.69, 9.17) is 11.6 Å². The van der Waals surface area contributed by atoms with Crippen LogP contribution in [-0.4, -0.2) is 19.3 Å². The second-order valence-corrected chi connectivity index (χ2v) is 4.01. The third kappa shape index (κ3) is 4.41. The summed E-state index contributed by atoms with van der Waals surface area (Å²) in [5, 5.41) is 3.16. The molecule has 1 unspecified atom stereocenters. The second kappa shape index (κ2) is 5.55. The smallest absolute Gasteiger partial charge is 0.316 e. The summed E-state index contributed by atoms with van der Waals surface area (Å²) in [5.74, 6) is 0. The van der Waals surface area contributed by atoms with Gasteiger partial charge in [-0.25, -0.2) is 0 Å². The SMILES string of the molecule is CNC(Cc1ccccc1Cl)CC(F)(F)F. The van der Waals surface area contributed by atoms with Crippen LogP contribution in [-0.2, 0) is 6.42 Å². The molecule has 0 saturated heterocycles. The molecule has 16 heavy (non-hydrogen) atoms. The van der Waals surface area contributed by atoms with Crippen LogP contribution in [0.25, 0.3) is 0 Å². The van der Waals surface area contributed by atoms with Gasteiger partial charge in [0.25, 0.3) is 0 Å². The molecule has 1 aromatic carbocycles. The predicted molar refractivity (Wildman–Crippen MR) is 58.7 cm³/mol. The fourth-order valence-corrected chi connectivity index (χ4v) is 1.70. The Kier molecular flexibility index (Phi) is 4.62. The molecule has 0 heterocycles. The van der Waals surface area contributed by atoms with Crippen LogP contribution < -0.4 is 5.32 Å². The molecule has 1 N–H and O–H groups in total. The van der Waals surface area contributed by atoms with Gasteiger partial charge in [-0.15, -0.1) is 0 Å². The maximum absolute atomic E-state index is 12.2. The normalized spacial score (nSPS) is 13.8. The quantitative estimate of drug-likeness (QED) is 0.865. The minimum absolute atomic E-state index is 0.273. The van der Waals surface area contributed by atoms with Crippen LogP contribution >= 0.6 is 11.6 Å². The van der Waals surface area contributed by atoms with E-state index in [0.717, 1.165) is 5.56 Å². The van der Waals surface area contributed by atoms with Crippen molar-refractivity contribution in [2.24, 2.45) is 0 Å². The molecule has 1 rings (SSSR count). The topological polar surface area (TPSA) is 12.0 Å². The van der Waals surface area contributed by atoms with Crippen molar-refractivity contribution in [3.63, 3.8) is 0 Å². The van der Waals surface area contributed by atoms with E-state index in [-0.39, 0.29) is 6.42 Å². The molecular formula is C11H13ClF3N. The summed E-state index contributed by atoms with van der Waals surface area (Å²) in [6, 6.07) is 6.30. The van der Waals surface area contributed by atoms with Crippen molar-refractivity contribution in [3.05, 3.63) is 34.9 Å². The van der Waals surface area contributed by atoms with E-state index < -0.39 is 18.6 Å². The number of rotatable bonds is 4. The van der Waals surface area contributed by atoms with E-state index in [1.807, 2.05) is 0 Å². The van der Waals surface area contributed by atoms with Crippen LogP contribution in [0.3, 0.4) is 0 Å². The maximum atomic E-state index is 12.2. The molecule has 0 aliphatic carbocycles. The fourth-order valence-electron chi connectivity index (χ4n) is 1.49. The molecule has 0 saturated carbocycles. The molecule has 0 radical (unpaired) electrons. The van der Waals surface area contributed by atoms with Gasteiger partial charge in [0.2, 0.25) is 0 Å². The molecule has 0 aromatic heterocycles. The number of hydrogen-bond acceptors (Lipinski definition) is 1. The summed E-state index contributed by atoms with van der Waals surface area (Å²) < 4.78 is 36.7. The van der Waals surface area contributed by atoms with Gasteiger partial charge in [0, 0.05) is 11.1 Å². The number of halogens is 4. The number of benzene rings is 1. The molecule has 1 aromatic rings. The largest absolute Gasteiger partial charge is 0.390 e. The van der Waals surface area contributed by atoms with Crippen molar-refractivity contribution in [1.82, 2.24) is 5.32 Å². The Bertz CT molecular complexity index is 338. The third-order valence-corrected chi connectivity index (χ3v) is 2.68. The fraction of sp³-hybridized carbons (Fsp3) is 0.455. The molecule has 5 heteroatoms. The Balaban J connectivity index is 2.67. The standard InChI is InChI=1S/C11H13ClF3N/c1-16-9(7-11(13,14)15)6-8-4-2-3-5-10(8)12/h2-5,9,16H,6-7H2,1H3. The summed E-state index contributed by atoms with van der Waals surface area (Å²) >= 11 is 5.89. The maximum Gasteiger partial charge on any atom is 0.390 e. The summed E-state index contributed by atoms with van der Waals surface area (Å²) in [6.07, 6.45) is -4.74. The number of likely N-dealkylation sites (N-methyl/N-ethyl adjacent to an activating group) is 1. The van der Waals surface area contributed by atoms with Gasteiger partial charge in [-0.2, -0.15) is 13.2 Å². The molecule has 1 atom stereocenters. The van der Waals surface area contributed by atoms with Crippen molar-refractivity contribution < 1.29 is 13.2 Å². The number of nitrogens with one attached hydrogen (secondary N) is 1. The van der Waals surface area contributed by atoms with Gasteiger partial charge >= 0.3 is 6.18 Å². The number of hydrogen-bond donors (Lipinski definition) is 1. The van der Waals surface area contributed by atoms with Crippen molar-refractivity contribution in [2.75, 3.05) is 7.05 Å². The Morgan fingerprint density at radius 1 is 1.31 bits per heavy atom. The van der Waals surface area contributed by atoms with Gasteiger partial charge < -0.3 is 5.32 Å². The van der Waals surface area contributed by atoms with Crippen molar-refractivity contribution >= 4 is 11.6 Å². The van der Waals surface area contributed by atoms with Crippen molar-refractivity contribution in [2.45, 2.75) is 25.1 Å². The first-order valence-corrected chi connectivity index (χ1v) is 5.27. The molecular weight excluding hydrogens is 239 g/mol. The molecule has 1 nitrogen and oxygen atoms in total. The van der Waals surface area contributed by atoms with Crippen LogP contribution in [0.1, 0.15) is 12.0 Å². The molecule has 90 valence electrons. The molecule has 0 fully saturated rings. The molecule has 0 aliphatic rings. The summed E-state index contributed by atoms with van der Waals surface area (Å²) in [6.45, 7) is 0. The first kappa shape index (κ1) is 13.3. The summed E-state index contributed by atoms with van der Waals surface area (Å²) in [5.41, 5.74) is 0.729. The Morgan fingerprint density at radius 3 is 2.44 bits per heavy atom. The van der Waals surface area contributed by atoms with Gasteiger partial charge in [-0.1, -0.05) is 29.8 Å². The lowest BCUT2D eigenvalue weighted by Crippen LogP contribution is -2.33. The highest BCUT2D eigenvalue weighted by Crippen LogP contribution is 2.24. The minimum atomic E-state index is -4.16. The lowest BCUT2D eigenvalue weighted by Gasteiger charge is -2.18. The van der Waals surface area contributed by atoms with E-state index >= 15 is 0 Å².